The van der Waals surface area contributed by atoms with Crippen molar-refractivity contribution < 1.29 is 19.1 Å². The van der Waals surface area contributed by atoms with Crippen LogP contribution < -0.4 is 4.74 Å². The van der Waals surface area contributed by atoms with E-state index in [-0.39, 0.29) is 24.8 Å². The number of hydrogen-bond donors (Lipinski definition) is 0. The lowest BCUT2D eigenvalue weighted by Crippen LogP contribution is -2.30. The Morgan fingerprint density at radius 3 is 2.80 bits per heavy atom. The maximum atomic E-state index is 12.7. The van der Waals surface area contributed by atoms with Crippen molar-refractivity contribution in [3.05, 3.63) is 69.6 Å². The summed E-state index contributed by atoms with van der Waals surface area (Å²) < 4.78 is 11.2. The number of ether oxygens (including phenoxy) is 2. The Morgan fingerprint density at radius 1 is 1.23 bits per heavy atom. The Labute approximate surface area is 190 Å². The minimum Gasteiger partial charge on any atom is -0.489 e. The Kier molecular flexibility index (Phi) is 7.90. The lowest BCUT2D eigenvalue weighted by molar-refractivity contribution is -0.143. The number of carbonyl (C=O) groups is 2. The van der Waals surface area contributed by atoms with Crippen LogP contribution in [0.4, 0.5) is 0 Å². The van der Waals surface area contributed by atoms with Gasteiger partial charge in [-0.05, 0) is 36.8 Å². The summed E-state index contributed by atoms with van der Waals surface area (Å²) in [6.07, 6.45) is 1.88. The van der Waals surface area contributed by atoms with Crippen LogP contribution in [-0.2, 0) is 20.9 Å². The van der Waals surface area contributed by atoms with Crippen molar-refractivity contribution in [1.82, 2.24) is 4.90 Å². The monoisotopic (exact) mass is 461 g/mol. The quantitative estimate of drug-likeness (QED) is 0.310. The van der Waals surface area contributed by atoms with Crippen molar-refractivity contribution in [3.63, 3.8) is 0 Å². The van der Waals surface area contributed by atoms with E-state index >= 15 is 0 Å². The lowest BCUT2D eigenvalue weighted by Gasteiger charge is -2.13. The SMILES string of the molecule is CCOC(=O)CCN1C(=O)/C(=C\c2cccc(OCc3ccccc3Cl)c2)SC1=S. The molecule has 1 aliphatic heterocycles. The molecule has 0 N–H and O–H groups in total. The summed E-state index contributed by atoms with van der Waals surface area (Å²) >= 11 is 12.7. The first-order valence-corrected chi connectivity index (χ1v) is 11.0. The van der Waals surface area contributed by atoms with Gasteiger partial charge in [0.15, 0.2) is 0 Å². The molecular formula is C22H20ClNO4S2. The molecule has 0 radical (unpaired) electrons. The van der Waals surface area contributed by atoms with Gasteiger partial charge in [-0.1, -0.05) is 65.9 Å². The number of benzene rings is 2. The zero-order valence-corrected chi connectivity index (χ0v) is 18.7. The molecule has 0 aromatic heterocycles. The van der Waals surface area contributed by atoms with Crippen molar-refractivity contribution in [2.24, 2.45) is 0 Å². The van der Waals surface area contributed by atoms with Crippen molar-refractivity contribution >= 4 is 57.9 Å². The van der Waals surface area contributed by atoms with Gasteiger partial charge in [-0.25, -0.2) is 0 Å². The van der Waals surface area contributed by atoms with Gasteiger partial charge in [0.05, 0.1) is 17.9 Å². The fourth-order valence-electron chi connectivity index (χ4n) is 2.75. The van der Waals surface area contributed by atoms with Crippen LogP contribution in [0.5, 0.6) is 5.75 Å². The standard InChI is InChI=1S/C22H20ClNO4S2/c1-2-27-20(25)10-11-24-21(26)19(30-22(24)29)13-15-6-5-8-17(12-15)28-14-16-7-3-4-9-18(16)23/h3-9,12-13H,2,10-11,14H2,1H3/b19-13+. The third-order valence-electron chi connectivity index (χ3n) is 4.23. The summed E-state index contributed by atoms with van der Waals surface area (Å²) in [5.41, 5.74) is 1.71. The molecule has 1 aliphatic rings. The fourth-order valence-corrected chi connectivity index (χ4v) is 4.25. The van der Waals surface area contributed by atoms with Gasteiger partial charge in [-0.15, -0.1) is 0 Å². The number of thiocarbonyl (C=S) groups is 1. The largest absolute Gasteiger partial charge is 0.489 e. The maximum absolute atomic E-state index is 12.7. The highest BCUT2D eigenvalue weighted by Gasteiger charge is 2.32. The summed E-state index contributed by atoms with van der Waals surface area (Å²) in [5.74, 6) is 0.108. The molecule has 1 saturated heterocycles. The molecule has 156 valence electrons. The van der Waals surface area contributed by atoms with Gasteiger partial charge in [-0.2, -0.15) is 0 Å². The van der Waals surface area contributed by atoms with Crippen LogP contribution in [0, 0.1) is 0 Å². The zero-order valence-electron chi connectivity index (χ0n) is 16.3. The molecule has 1 fully saturated rings. The first kappa shape index (κ1) is 22.3. The number of carbonyl (C=O) groups excluding carboxylic acids is 2. The molecule has 1 heterocycles. The van der Waals surface area contributed by atoms with Gasteiger partial charge in [0.2, 0.25) is 0 Å². The van der Waals surface area contributed by atoms with Gasteiger partial charge >= 0.3 is 5.97 Å². The molecule has 8 heteroatoms. The Morgan fingerprint density at radius 2 is 2.03 bits per heavy atom. The third kappa shape index (κ3) is 5.84. The number of hydrogen-bond acceptors (Lipinski definition) is 6. The first-order chi connectivity index (χ1) is 14.5. The second kappa shape index (κ2) is 10.6. The van der Waals surface area contributed by atoms with Crippen LogP contribution in [-0.4, -0.2) is 34.2 Å². The summed E-state index contributed by atoms with van der Waals surface area (Å²) in [6, 6.07) is 14.9. The molecule has 3 rings (SSSR count). The van der Waals surface area contributed by atoms with E-state index in [1.165, 1.54) is 16.7 Å². The van der Waals surface area contributed by atoms with E-state index in [0.717, 1.165) is 11.1 Å². The first-order valence-electron chi connectivity index (χ1n) is 9.35. The molecule has 0 unspecified atom stereocenters. The summed E-state index contributed by atoms with van der Waals surface area (Å²) in [6.45, 7) is 2.61. The second-order valence-corrected chi connectivity index (χ2v) is 8.42. The van der Waals surface area contributed by atoms with Crippen molar-refractivity contribution in [2.45, 2.75) is 20.0 Å². The molecule has 0 spiro atoms. The number of nitrogens with zero attached hydrogens (tertiary/aromatic N) is 1. The molecule has 1 amide bonds. The number of thioether (sulfide) groups is 1. The highest BCUT2D eigenvalue weighted by Crippen LogP contribution is 2.33. The average Bonchev–Trinajstić information content (AvgIpc) is 2.99. The van der Waals surface area contributed by atoms with E-state index in [9.17, 15) is 9.59 Å². The zero-order chi connectivity index (χ0) is 21.5. The number of rotatable bonds is 8. The van der Waals surface area contributed by atoms with E-state index in [2.05, 4.69) is 0 Å². The minimum atomic E-state index is -0.348. The van der Waals surface area contributed by atoms with Crippen LogP contribution in [0.15, 0.2) is 53.4 Å². The number of halogens is 1. The topological polar surface area (TPSA) is 55.8 Å². The van der Waals surface area contributed by atoms with Gasteiger partial charge < -0.3 is 9.47 Å². The fraction of sp³-hybridized carbons (Fsp3) is 0.227. The Balaban J connectivity index is 1.65. The molecule has 2 aromatic rings. The smallest absolute Gasteiger partial charge is 0.307 e. The second-order valence-electron chi connectivity index (χ2n) is 6.34. The summed E-state index contributed by atoms with van der Waals surface area (Å²) in [4.78, 5) is 26.2. The van der Waals surface area contributed by atoms with Crippen molar-refractivity contribution in [3.8, 4) is 5.75 Å². The molecule has 0 saturated carbocycles. The third-order valence-corrected chi connectivity index (χ3v) is 5.97. The molecular weight excluding hydrogens is 442 g/mol. The Hall–Kier alpha value is -2.35. The summed E-state index contributed by atoms with van der Waals surface area (Å²) in [7, 11) is 0. The van der Waals surface area contributed by atoms with Crippen LogP contribution in [0.1, 0.15) is 24.5 Å². The van der Waals surface area contributed by atoms with Gasteiger partial charge in [0, 0.05) is 17.1 Å². The van der Waals surface area contributed by atoms with E-state index in [1.807, 2.05) is 48.5 Å². The normalized spacial score (nSPS) is 15.0. The minimum absolute atomic E-state index is 0.110. The van der Waals surface area contributed by atoms with E-state index in [1.54, 1.807) is 13.0 Å². The predicted octanol–water partition coefficient (Wildman–Crippen LogP) is 5.07. The molecule has 30 heavy (non-hydrogen) atoms. The Bertz CT molecular complexity index is 993. The number of amides is 1. The van der Waals surface area contributed by atoms with E-state index < -0.39 is 0 Å². The van der Waals surface area contributed by atoms with E-state index in [4.69, 9.17) is 33.3 Å². The van der Waals surface area contributed by atoms with E-state index in [0.29, 0.717) is 33.2 Å². The molecule has 0 aliphatic carbocycles. The molecule has 5 nitrogen and oxygen atoms in total. The molecule has 2 aromatic carbocycles. The van der Waals surface area contributed by atoms with Gasteiger partial charge in [0.1, 0.15) is 16.7 Å². The van der Waals surface area contributed by atoms with Gasteiger partial charge in [0.25, 0.3) is 5.91 Å². The summed E-state index contributed by atoms with van der Waals surface area (Å²) in [5, 5.41) is 0.653. The highest BCUT2D eigenvalue weighted by molar-refractivity contribution is 8.26. The average molecular weight is 462 g/mol. The van der Waals surface area contributed by atoms with Crippen molar-refractivity contribution in [1.29, 1.82) is 0 Å². The highest BCUT2D eigenvalue weighted by atomic mass is 35.5. The maximum Gasteiger partial charge on any atom is 0.307 e. The molecule has 0 atom stereocenters. The molecule has 0 bridgehead atoms. The van der Waals surface area contributed by atoms with Crippen LogP contribution in [0.25, 0.3) is 6.08 Å². The van der Waals surface area contributed by atoms with Crippen LogP contribution >= 0.6 is 35.6 Å². The number of esters is 1. The lowest BCUT2D eigenvalue weighted by atomic mass is 10.2. The van der Waals surface area contributed by atoms with Crippen molar-refractivity contribution in [2.75, 3.05) is 13.2 Å². The van der Waals surface area contributed by atoms with Crippen LogP contribution in [0.3, 0.4) is 0 Å². The predicted molar refractivity (Wildman–Crippen MR) is 123 cm³/mol. The van der Waals surface area contributed by atoms with Crippen LogP contribution in [0.2, 0.25) is 5.02 Å². The van der Waals surface area contributed by atoms with Gasteiger partial charge in [-0.3, -0.25) is 14.5 Å².